The van der Waals surface area contributed by atoms with Crippen molar-refractivity contribution in [2.24, 2.45) is 5.41 Å². The van der Waals surface area contributed by atoms with Crippen molar-refractivity contribution in [1.29, 1.82) is 0 Å². The third-order valence-electron chi connectivity index (χ3n) is 6.05. The van der Waals surface area contributed by atoms with Crippen LogP contribution in [0.3, 0.4) is 0 Å². The number of ether oxygens (including phenoxy) is 4. The van der Waals surface area contributed by atoms with Crippen molar-refractivity contribution in [3.05, 3.63) is 23.8 Å². The van der Waals surface area contributed by atoms with Crippen LogP contribution in [0.4, 0.5) is 0 Å². The van der Waals surface area contributed by atoms with E-state index < -0.39 is 29.1 Å². The second-order valence-electron chi connectivity index (χ2n) is 8.57. The predicted molar refractivity (Wildman–Crippen MR) is 125 cm³/mol. The number of Topliss-reactive ketones (excluding diaryl/α,β-unsaturated/α-hetero) is 1. The number of benzene rings is 1. The number of likely N-dealkylation sites (tertiary alicyclic amines) is 1. The van der Waals surface area contributed by atoms with E-state index in [2.05, 4.69) is 0 Å². The molecule has 0 saturated carbocycles. The number of carbonyl (C=O) groups excluding carboxylic acids is 3. The number of nitrogens with zero attached hydrogens (tertiary/aromatic N) is 1. The second-order valence-corrected chi connectivity index (χ2v) is 8.57. The first-order valence-electron chi connectivity index (χ1n) is 11.2. The highest BCUT2D eigenvalue weighted by Crippen LogP contribution is 2.38. The number of amides is 1. The van der Waals surface area contributed by atoms with Crippen LogP contribution in [0, 0.1) is 5.41 Å². The summed E-state index contributed by atoms with van der Waals surface area (Å²) < 4.78 is 21.4. The van der Waals surface area contributed by atoms with Gasteiger partial charge in [0.2, 0.25) is 11.5 Å². The number of methoxy groups -OCH3 is 3. The molecule has 1 aromatic rings. The van der Waals surface area contributed by atoms with E-state index in [1.165, 1.54) is 26.2 Å². The van der Waals surface area contributed by atoms with Crippen LogP contribution in [0.5, 0.6) is 17.2 Å². The van der Waals surface area contributed by atoms with Crippen molar-refractivity contribution in [1.82, 2.24) is 4.90 Å². The molecule has 2 rings (SSSR count). The average Bonchev–Trinajstić information content (AvgIpc) is 2.84. The Morgan fingerprint density at radius 3 is 2.24 bits per heavy atom. The van der Waals surface area contributed by atoms with Gasteiger partial charge < -0.3 is 23.8 Å². The summed E-state index contributed by atoms with van der Waals surface area (Å²) in [5, 5.41) is 0. The quantitative estimate of drug-likeness (QED) is 0.388. The highest BCUT2D eigenvalue weighted by molar-refractivity contribution is 6.38. The average molecular weight is 462 g/mol. The topological polar surface area (TPSA) is 91.4 Å². The van der Waals surface area contributed by atoms with Gasteiger partial charge in [-0.1, -0.05) is 26.8 Å². The van der Waals surface area contributed by atoms with Crippen LogP contribution in [0.15, 0.2) is 18.2 Å². The fourth-order valence-electron chi connectivity index (χ4n) is 3.61. The minimum absolute atomic E-state index is 0.0302. The number of rotatable bonds is 10. The maximum Gasteiger partial charge on any atom is 0.329 e. The summed E-state index contributed by atoms with van der Waals surface area (Å²) in [5.41, 5.74) is 0.0223. The molecule has 0 N–H and O–H groups in total. The Balaban J connectivity index is 2.05. The van der Waals surface area contributed by atoms with E-state index >= 15 is 0 Å². The fourth-order valence-corrected chi connectivity index (χ4v) is 3.61. The van der Waals surface area contributed by atoms with E-state index in [0.29, 0.717) is 36.6 Å². The molecule has 1 aromatic carbocycles. The Labute approximate surface area is 195 Å². The van der Waals surface area contributed by atoms with Crippen LogP contribution >= 0.6 is 0 Å². The van der Waals surface area contributed by atoms with Gasteiger partial charge in [0.05, 0.1) is 21.3 Å². The van der Waals surface area contributed by atoms with Gasteiger partial charge in [0.15, 0.2) is 11.5 Å². The molecule has 1 heterocycles. The Kier molecular flexibility index (Phi) is 9.32. The van der Waals surface area contributed by atoms with Crippen LogP contribution in [0.2, 0.25) is 0 Å². The van der Waals surface area contributed by atoms with E-state index in [4.69, 9.17) is 18.9 Å². The third kappa shape index (κ3) is 6.27. The molecule has 0 aromatic heterocycles. The molecule has 1 aliphatic heterocycles. The van der Waals surface area contributed by atoms with Crippen molar-refractivity contribution in [3.63, 3.8) is 0 Å². The molecule has 1 fully saturated rings. The Morgan fingerprint density at radius 2 is 1.70 bits per heavy atom. The number of carbonyl (C=O) groups is 3. The van der Waals surface area contributed by atoms with E-state index in [1.54, 1.807) is 38.1 Å². The lowest BCUT2D eigenvalue weighted by Crippen LogP contribution is -2.53. The van der Waals surface area contributed by atoms with Crippen molar-refractivity contribution >= 4 is 23.7 Å². The lowest BCUT2D eigenvalue weighted by Gasteiger charge is -2.35. The third-order valence-corrected chi connectivity index (χ3v) is 6.05. The van der Waals surface area contributed by atoms with Crippen molar-refractivity contribution in [2.45, 2.75) is 52.5 Å². The minimum atomic E-state index is -0.758. The Hall–Kier alpha value is -3.03. The lowest BCUT2D eigenvalue weighted by molar-refractivity contribution is -0.160. The van der Waals surface area contributed by atoms with Crippen molar-refractivity contribution < 1.29 is 33.3 Å². The van der Waals surface area contributed by atoms with Gasteiger partial charge >= 0.3 is 5.97 Å². The molecule has 1 saturated heterocycles. The van der Waals surface area contributed by atoms with E-state index in [1.807, 2.05) is 6.92 Å². The first-order valence-corrected chi connectivity index (χ1v) is 11.2. The molecule has 33 heavy (non-hydrogen) atoms. The smallest absolute Gasteiger partial charge is 0.329 e. The van der Waals surface area contributed by atoms with E-state index in [0.717, 1.165) is 18.4 Å². The molecule has 1 atom stereocenters. The SMILES string of the molecule is CCC(C)(C)C(=O)C(=O)N1CCCC[C@H]1C(=O)OC/C=C/c1cc(OC)c(OC)c(OC)c1. The zero-order chi connectivity index (χ0) is 24.6. The maximum absolute atomic E-state index is 12.8. The first-order chi connectivity index (χ1) is 15.7. The molecule has 182 valence electrons. The van der Waals surface area contributed by atoms with Gasteiger partial charge in [-0.3, -0.25) is 9.59 Å². The fraction of sp³-hybridized carbons (Fsp3) is 0.560. The van der Waals surface area contributed by atoms with Crippen LogP contribution in [-0.2, 0) is 19.1 Å². The lowest BCUT2D eigenvalue weighted by atomic mass is 9.84. The van der Waals surface area contributed by atoms with Gasteiger partial charge in [-0.2, -0.15) is 0 Å². The second kappa shape index (κ2) is 11.7. The summed E-state index contributed by atoms with van der Waals surface area (Å²) in [5.74, 6) is -0.0383. The summed E-state index contributed by atoms with van der Waals surface area (Å²) in [6.45, 7) is 5.78. The molecule has 0 aliphatic carbocycles. The first kappa shape index (κ1) is 26.2. The summed E-state index contributed by atoms with van der Waals surface area (Å²) in [4.78, 5) is 39.6. The standard InChI is InChI=1S/C25H35NO7/c1-7-25(2,3)22(27)23(28)26-13-9-8-12-18(26)24(29)33-14-10-11-17-15-19(30-4)21(32-6)20(16-17)31-5/h10-11,15-16,18H,7-9,12-14H2,1-6H3/b11-10+/t18-/m0/s1. The molecule has 1 aliphatic rings. The Bertz CT molecular complexity index is 866. The van der Waals surface area contributed by atoms with Gasteiger partial charge in [0.1, 0.15) is 12.6 Å². The molecular formula is C25H35NO7. The molecule has 0 radical (unpaired) electrons. The highest BCUT2D eigenvalue weighted by Gasteiger charge is 2.40. The van der Waals surface area contributed by atoms with Gasteiger partial charge in [-0.15, -0.1) is 0 Å². The summed E-state index contributed by atoms with van der Waals surface area (Å²) in [7, 11) is 4.61. The monoisotopic (exact) mass is 461 g/mol. The number of ketones is 1. The Morgan fingerprint density at radius 1 is 1.06 bits per heavy atom. The largest absolute Gasteiger partial charge is 0.493 e. The zero-order valence-electron chi connectivity index (χ0n) is 20.4. The number of piperidine rings is 1. The molecule has 1 amide bonds. The molecule has 8 nitrogen and oxygen atoms in total. The normalized spacial score (nSPS) is 16.4. The number of hydrogen-bond acceptors (Lipinski definition) is 7. The number of hydrogen-bond donors (Lipinski definition) is 0. The number of esters is 1. The predicted octanol–water partition coefficient (Wildman–Crippen LogP) is 3.66. The van der Waals surface area contributed by atoms with Gasteiger partial charge in [-0.25, -0.2) is 4.79 Å². The van der Waals surface area contributed by atoms with Gasteiger partial charge in [-0.05, 0) is 49.5 Å². The van der Waals surface area contributed by atoms with Crippen LogP contribution in [-0.4, -0.2) is 63.1 Å². The van der Waals surface area contributed by atoms with Crippen LogP contribution in [0.25, 0.3) is 6.08 Å². The zero-order valence-corrected chi connectivity index (χ0v) is 20.4. The molecule has 0 unspecified atom stereocenters. The van der Waals surface area contributed by atoms with Crippen molar-refractivity contribution in [3.8, 4) is 17.2 Å². The van der Waals surface area contributed by atoms with E-state index in [-0.39, 0.29) is 6.61 Å². The molecule has 0 bridgehead atoms. The minimum Gasteiger partial charge on any atom is -0.493 e. The maximum atomic E-state index is 12.8. The van der Waals surface area contributed by atoms with E-state index in [9.17, 15) is 14.4 Å². The van der Waals surface area contributed by atoms with Gasteiger partial charge in [0, 0.05) is 12.0 Å². The molecular weight excluding hydrogens is 426 g/mol. The van der Waals surface area contributed by atoms with Crippen molar-refractivity contribution in [2.75, 3.05) is 34.5 Å². The van der Waals surface area contributed by atoms with Crippen LogP contribution in [0.1, 0.15) is 52.0 Å². The summed E-state index contributed by atoms with van der Waals surface area (Å²) >= 11 is 0. The summed E-state index contributed by atoms with van der Waals surface area (Å²) in [6, 6.07) is 2.82. The highest BCUT2D eigenvalue weighted by atomic mass is 16.5. The molecule has 0 spiro atoms. The molecule has 8 heteroatoms. The van der Waals surface area contributed by atoms with Crippen LogP contribution < -0.4 is 14.2 Å². The van der Waals surface area contributed by atoms with Gasteiger partial charge in [0.25, 0.3) is 5.91 Å². The summed E-state index contributed by atoms with van der Waals surface area (Å²) in [6.07, 6.45) is 6.06.